The molecule has 0 aromatic carbocycles. The zero-order valence-corrected chi connectivity index (χ0v) is 10.1. The van der Waals surface area contributed by atoms with E-state index in [1.807, 2.05) is 32.0 Å². The Kier molecular flexibility index (Phi) is 3.19. The highest BCUT2D eigenvalue weighted by atomic mass is 16.5. The van der Waals surface area contributed by atoms with E-state index in [0.29, 0.717) is 17.4 Å². The largest absolute Gasteiger partial charge is 0.337 e. The van der Waals surface area contributed by atoms with Crippen LogP contribution < -0.4 is 5.73 Å². The number of hydrogen-bond acceptors (Lipinski definition) is 5. The van der Waals surface area contributed by atoms with Crippen LogP contribution >= 0.6 is 0 Å². The molecule has 5 heteroatoms. The number of nitrogens with two attached hydrogens (primary N) is 1. The van der Waals surface area contributed by atoms with Gasteiger partial charge in [-0.3, -0.25) is 4.98 Å². The lowest BCUT2D eigenvalue weighted by atomic mass is 9.94. The van der Waals surface area contributed by atoms with E-state index in [4.69, 9.17) is 10.3 Å². The van der Waals surface area contributed by atoms with Gasteiger partial charge in [0.05, 0.1) is 5.54 Å². The Hall–Kier alpha value is -1.75. The van der Waals surface area contributed by atoms with E-state index in [2.05, 4.69) is 15.1 Å². The number of aromatic nitrogens is 3. The number of rotatable bonds is 4. The van der Waals surface area contributed by atoms with Crippen molar-refractivity contribution >= 4 is 0 Å². The summed E-state index contributed by atoms with van der Waals surface area (Å²) in [7, 11) is 0. The fraction of sp³-hybridized carbons (Fsp3) is 0.417. The van der Waals surface area contributed by atoms with Crippen LogP contribution in [-0.4, -0.2) is 15.1 Å². The smallest absolute Gasteiger partial charge is 0.247 e. The molecule has 0 fully saturated rings. The molecule has 0 aliphatic carbocycles. The molecule has 0 unspecified atom stereocenters. The highest BCUT2D eigenvalue weighted by Gasteiger charge is 2.30. The van der Waals surface area contributed by atoms with Crippen LogP contribution in [0.5, 0.6) is 0 Å². The highest BCUT2D eigenvalue weighted by molar-refractivity contribution is 5.47. The molecule has 2 rings (SSSR count). The second-order valence-electron chi connectivity index (χ2n) is 4.00. The van der Waals surface area contributed by atoms with Crippen molar-refractivity contribution in [1.29, 1.82) is 0 Å². The van der Waals surface area contributed by atoms with Gasteiger partial charge in [0.2, 0.25) is 11.7 Å². The van der Waals surface area contributed by atoms with Crippen LogP contribution in [0.4, 0.5) is 0 Å². The lowest BCUT2D eigenvalue weighted by Crippen LogP contribution is -2.35. The van der Waals surface area contributed by atoms with Crippen LogP contribution in [0.1, 0.15) is 32.6 Å². The van der Waals surface area contributed by atoms with E-state index < -0.39 is 5.54 Å². The van der Waals surface area contributed by atoms with Crippen molar-refractivity contribution in [2.45, 2.75) is 32.2 Å². The maximum absolute atomic E-state index is 6.19. The van der Waals surface area contributed by atoms with Gasteiger partial charge < -0.3 is 10.3 Å². The first-order chi connectivity index (χ1) is 8.19. The molecule has 90 valence electrons. The van der Waals surface area contributed by atoms with Crippen LogP contribution in [0.15, 0.2) is 28.9 Å². The molecule has 5 nitrogen and oxygen atoms in total. The molecular formula is C12H16N4O. The third-order valence-electron chi connectivity index (χ3n) is 3.01. The summed E-state index contributed by atoms with van der Waals surface area (Å²) in [5.41, 5.74) is 6.34. The van der Waals surface area contributed by atoms with Crippen LogP contribution in [0.2, 0.25) is 0 Å². The van der Waals surface area contributed by atoms with Gasteiger partial charge in [0, 0.05) is 6.20 Å². The number of hydrogen-bond donors (Lipinski definition) is 1. The van der Waals surface area contributed by atoms with Gasteiger partial charge in [-0.05, 0) is 25.0 Å². The molecule has 2 N–H and O–H groups in total. The van der Waals surface area contributed by atoms with Crippen LogP contribution in [0, 0.1) is 0 Å². The van der Waals surface area contributed by atoms with Crippen LogP contribution in [0.3, 0.4) is 0 Å². The summed E-state index contributed by atoms with van der Waals surface area (Å²) in [5, 5.41) is 3.92. The van der Waals surface area contributed by atoms with E-state index in [9.17, 15) is 0 Å². The van der Waals surface area contributed by atoms with Crippen LogP contribution in [0.25, 0.3) is 11.5 Å². The summed E-state index contributed by atoms with van der Waals surface area (Å²) < 4.78 is 5.24. The zero-order chi connectivity index (χ0) is 12.3. The fourth-order valence-electron chi connectivity index (χ4n) is 1.58. The molecular weight excluding hydrogens is 216 g/mol. The van der Waals surface area contributed by atoms with E-state index in [1.165, 1.54) is 0 Å². The summed E-state index contributed by atoms with van der Waals surface area (Å²) in [6.07, 6.45) is 3.21. The summed E-state index contributed by atoms with van der Waals surface area (Å²) in [4.78, 5) is 8.50. The van der Waals surface area contributed by atoms with Crippen molar-refractivity contribution in [2.75, 3.05) is 0 Å². The van der Waals surface area contributed by atoms with Gasteiger partial charge in [0.1, 0.15) is 5.69 Å². The Morgan fingerprint density at radius 3 is 2.65 bits per heavy atom. The van der Waals surface area contributed by atoms with Crippen molar-refractivity contribution in [3.63, 3.8) is 0 Å². The van der Waals surface area contributed by atoms with E-state index in [-0.39, 0.29) is 0 Å². The van der Waals surface area contributed by atoms with Gasteiger partial charge in [-0.1, -0.05) is 25.1 Å². The molecule has 0 aliphatic rings. The standard InChI is InChI=1S/C12H16N4O/c1-3-12(13,4-2)11-15-10(16-17-11)9-7-5-6-8-14-9/h5-8H,3-4,13H2,1-2H3. The normalized spacial score (nSPS) is 11.7. The predicted octanol–water partition coefficient (Wildman–Crippen LogP) is 2.11. The minimum absolute atomic E-state index is 0.475. The topological polar surface area (TPSA) is 77.8 Å². The molecule has 0 spiro atoms. The van der Waals surface area contributed by atoms with Gasteiger partial charge in [-0.15, -0.1) is 0 Å². The highest BCUT2D eigenvalue weighted by Crippen LogP contribution is 2.25. The Morgan fingerprint density at radius 2 is 2.06 bits per heavy atom. The van der Waals surface area contributed by atoms with Crippen LogP contribution in [-0.2, 0) is 5.54 Å². The monoisotopic (exact) mass is 232 g/mol. The van der Waals surface area contributed by atoms with E-state index >= 15 is 0 Å². The minimum atomic E-state index is -0.542. The lowest BCUT2D eigenvalue weighted by Gasteiger charge is -2.20. The SMILES string of the molecule is CCC(N)(CC)c1nc(-c2ccccn2)no1. The molecule has 0 bridgehead atoms. The Balaban J connectivity index is 2.34. The average molecular weight is 232 g/mol. The molecule has 0 saturated heterocycles. The van der Waals surface area contributed by atoms with Gasteiger partial charge in [0.15, 0.2) is 0 Å². The Morgan fingerprint density at radius 1 is 1.29 bits per heavy atom. The molecule has 2 aromatic rings. The lowest BCUT2D eigenvalue weighted by molar-refractivity contribution is 0.268. The van der Waals surface area contributed by atoms with Crippen molar-refractivity contribution < 1.29 is 4.52 Å². The first-order valence-corrected chi connectivity index (χ1v) is 5.74. The second kappa shape index (κ2) is 4.63. The maximum atomic E-state index is 6.19. The third kappa shape index (κ3) is 2.19. The number of nitrogens with zero attached hydrogens (tertiary/aromatic N) is 3. The summed E-state index contributed by atoms with van der Waals surface area (Å²) in [5.74, 6) is 0.959. The van der Waals surface area contributed by atoms with E-state index in [0.717, 1.165) is 12.8 Å². The fourth-order valence-corrected chi connectivity index (χ4v) is 1.58. The van der Waals surface area contributed by atoms with Gasteiger partial charge in [-0.2, -0.15) is 4.98 Å². The molecule has 17 heavy (non-hydrogen) atoms. The first-order valence-electron chi connectivity index (χ1n) is 5.74. The zero-order valence-electron chi connectivity index (χ0n) is 10.1. The quantitative estimate of drug-likeness (QED) is 0.873. The summed E-state index contributed by atoms with van der Waals surface area (Å²) in [6, 6.07) is 5.56. The van der Waals surface area contributed by atoms with Crippen molar-refractivity contribution in [1.82, 2.24) is 15.1 Å². The third-order valence-corrected chi connectivity index (χ3v) is 3.01. The molecule has 0 radical (unpaired) electrons. The van der Waals surface area contributed by atoms with Crippen molar-refractivity contribution in [3.05, 3.63) is 30.3 Å². The summed E-state index contributed by atoms with van der Waals surface area (Å²) in [6.45, 7) is 4.02. The molecule has 0 aliphatic heterocycles. The molecule has 2 heterocycles. The summed E-state index contributed by atoms with van der Waals surface area (Å²) >= 11 is 0. The van der Waals surface area contributed by atoms with Gasteiger partial charge in [-0.25, -0.2) is 0 Å². The number of pyridine rings is 1. The van der Waals surface area contributed by atoms with E-state index in [1.54, 1.807) is 6.20 Å². The molecule has 0 amide bonds. The maximum Gasteiger partial charge on any atom is 0.247 e. The predicted molar refractivity (Wildman–Crippen MR) is 64.0 cm³/mol. The van der Waals surface area contributed by atoms with Gasteiger partial charge in [0.25, 0.3) is 0 Å². The van der Waals surface area contributed by atoms with Crippen molar-refractivity contribution in [2.24, 2.45) is 5.73 Å². The Labute approximate surface area is 100 Å². The average Bonchev–Trinajstić information content (AvgIpc) is 2.89. The Bertz CT molecular complexity index is 476. The first kappa shape index (κ1) is 11.7. The molecule has 0 saturated carbocycles. The van der Waals surface area contributed by atoms with Gasteiger partial charge >= 0.3 is 0 Å². The second-order valence-corrected chi connectivity index (χ2v) is 4.00. The minimum Gasteiger partial charge on any atom is -0.337 e. The molecule has 0 atom stereocenters. The van der Waals surface area contributed by atoms with Crippen molar-refractivity contribution in [3.8, 4) is 11.5 Å². The molecule has 2 aromatic heterocycles.